The van der Waals surface area contributed by atoms with Crippen molar-refractivity contribution in [2.24, 2.45) is 0 Å². The van der Waals surface area contributed by atoms with Gasteiger partial charge in [-0.05, 0) is 0 Å². The Bertz CT molecular complexity index is 882. The molecule has 0 fully saturated rings. The lowest BCUT2D eigenvalue weighted by Crippen LogP contribution is -2.16. The van der Waals surface area contributed by atoms with Gasteiger partial charge in [-0.2, -0.15) is 5.10 Å². The van der Waals surface area contributed by atoms with Crippen LogP contribution in [0.3, 0.4) is 0 Å². The Morgan fingerprint density at radius 2 is 1.95 bits per heavy atom. The van der Waals surface area contributed by atoms with Crippen molar-refractivity contribution in [3.05, 3.63) is 22.9 Å². The molecule has 0 aromatic carbocycles. The highest BCUT2D eigenvalue weighted by molar-refractivity contribution is 8.14. The molecule has 0 spiro atoms. The van der Waals surface area contributed by atoms with Crippen LogP contribution >= 0.6 is 10.7 Å². The van der Waals surface area contributed by atoms with Crippen LogP contribution in [0.4, 0.5) is 0 Å². The summed E-state index contributed by atoms with van der Waals surface area (Å²) in [5.74, 6) is -1.42. The summed E-state index contributed by atoms with van der Waals surface area (Å²) in [6.45, 7) is 0. The third kappa shape index (κ3) is 3.11. The van der Waals surface area contributed by atoms with Gasteiger partial charge in [0, 0.05) is 16.7 Å². The average Bonchev–Trinajstić information content (AvgIpc) is 2.68. The Labute approximate surface area is 111 Å². The minimum absolute atomic E-state index is 0.0623. The van der Waals surface area contributed by atoms with Crippen LogP contribution in [0.1, 0.15) is 0 Å². The van der Waals surface area contributed by atoms with Gasteiger partial charge in [-0.3, -0.25) is 0 Å². The molecule has 9 nitrogen and oxygen atoms in total. The van der Waals surface area contributed by atoms with Crippen molar-refractivity contribution in [3.8, 4) is 0 Å². The number of sulfone groups is 1. The summed E-state index contributed by atoms with van der Waals surface area (Å²) < 4.78 is 46.1. The Morgan fingerprint density at radius 1 is 1.26 bits per heavy atom. The zero-order chi connectivity index (χ0) is 14.3. The molecule has 2 rings (SSSR count). The summed E-state index contributed by atoms with van der Waals surface area (Å²) in [5, 5.41) is 5.32. The Balaban J connectivity index is 2.40. The van der Waals surface area contributed by atoms with Crippen molar-refractivity contribution in [3.63, 3.8) is 0 Å². The summed E-state index contributed by atoms with van der Waals surface area (Å²) in [4.78, 5) is 14.7. The summed E-state index contributed by atoms with van der Waals surface area (Å²) in [6.07, 6.45) is 0.989. The van der Waals surface area contributed by atoms with Crippen LogP contribution in [-0.4, -0.2) is 47.9 Å². The van der Waals surface area contributed by atoms with Crippen molar-refractivity contribution in [1.29, 1.82) is 0 Å². The molecule has 2 aromatic rings. The van der Waals surface area contributed by atoms with E-state index < -0.39 is 36.1 Å². The fourth-order valence-electron chi connectivity index (χ4n) is 1.28. The molecule has 19 heavy (non-hydrogen) atoms. The number of halogens is 1. The van der Waals surface area contributed by atoms with Gasteiger partial charge in [0.2, 0.25) is 9.05 Å². The van der Waals surface area contributed by atoms with E-state index in [2.05, 4.69) is 15.2 Å². The second kappa shape index (κ2) is 4.58. The highest BCUT2D eigenvalue weighted by atomic mass is 35.7. The molecule has 0 unspecified atom stereocenters. The van der Waals surface area contributed by atoms with Gasteiger partial charge in [-0.1, -0.05) is 0 Å². The molecule has 1 N–H and O–H groups in total. The quantitative estimate of drug-likeness (QED) is 0.549. The van der Waals surface area contributed by atoms with Crippen LogP contribution in [0.2, 0.25) is 0 Å². The molecular formula is C7H7ClN4O5S2. The fraction of sp³-hybridized carbons (Fsp3) is 0.286. The van der Waals surface area contributed by atoms with Gasteiger partial charge in [0.1, 0.15) is 6.33 Å². The van der Waals surface area contributed by atoms with E-state index in [-0.39, 0.29) is 10.7 Å². The lowest BCUT2D eigenvalue weighted by atomic mass is 10.6. The Kier molecular flexibility index (Phi) is 3.36. The smallest absolute Gasteiger partial charge is 0.246 e. The minimum Gasteiger partial charge on any atom is -0.246 e. The average molecular weight is 327 g/mol. The molecule has 0 saturated heterocycles. The molecule has 0 radical (unpaired) electrons. The summed E-state index contributed by atoms with van der Waals surface area (Å²) in [7, 11) is -2.89. The monoisotopic (exact) mass is 326 g/mol. The minimum atomic E-state index is -3.92. The summed E-state index contributed by atoms with van der Waals surface area (Å²) >= 11 is 0. The van der Waals surface area contributed by atoms with E-state index in [1.54, 1.807) is 0 Å². The lowest BCUT2D eigenvalue weighted by molar-refractivity contribution is 0.589. The standard InChI is InChI=1S/C7H7ClN4O5S2/c8-19(16,17)2-1-18(14,15)6-3-5-10-11-7(13)12(5)4-9-6/h3-4H,1-2H2,(H,11,13). The van der Waals surface area contributed by atoms with Gasteiger partial charge in [0.25, 0.3) is 0 Å². The normalized spacial score (nSPS) is 12.9. The molecule has 2 heterocycles. The van der Waals surface area contributed by atoms with Gasteiger partial charge in [0.05, 0.1) is 11.5 Å². The van der Waals surface area contributed by atoms with Gasteiger partial charge < -0.3 is 0 Å². The van der Waals surface area contributed by atoms with Gasteiger partial charge in [-0.25, -0.2) is 36.1 Å². The number of hydrogen-bond acceptors (Lipinski definition) is 7. The molecule has 0 amide bonds. The zero-order valence-electron chi connectivity index (χ0n) is 9.15. The maximum Gasteiger partial charge on any atom is 0.348 e. The molecule has 0 aliphatic carbocycles. The van der Waals surface area contributed by atoms with E-state index in [0.29, 0.717) is 0 Å². The number of rotatable bonds is 4. The zero-order valence-corrected chi connectivity index (χ0v) is 11.5. The maximum atomic E-state index is 11.8. The first-order valence-corrected chi connectivity index (χ1v) is 8.90. The predicted octanol–water partition coefficient (Wildman–Crippen LogP) is -1.24. The molecule has 0 saturated carbocycles. The maximum absolute atomic E-state index is 11.8. The van der Waals surface area contributed by atoms with Crippen LogP contribution in [0, 0.1) is 0 Å². The van der Waals surface area contributed by atoms with Gasteiger partial charge in [0.15, 0.2) is 20.5 Å². The second-order valence-corrected chi connectivity index (χ2v) is 8.50. The first kappa shape index (κ1) is 14.0. The lowest BCUT2D eigenvalue weighted by Gasteiger charge is -2.01. The van der Waals surface area contributed by atoms with Crippen molar-refractivity contribution < 1.29 is 16.8 Å². The van der Waals surface area contributed by atoms with Crippen molar-refractivity contribution in [1.82, 2.24) is 19.6 Å². The third-order valence-corrected chi connectivity index (χ3v) is 5.21. The number of nitrogens with zero attached hydrogens (tertiary/aromatic N) is 3. The highest BCUT2D eigenvalue weighted by Crippen LogP contribution is 2.10. The van der Waals surface area contributed by atoms with E-state index in [1.807, 2.05) is 0 Å². The molecule has 2 aromatic heterocycles. The number of fused-ring (bicyclic) bond motifs is 1. The van der Waals surface area contributed by atoms with E-state index in [9.17, 15) is 21.6 Å². The number of H-pyrrole nitrogens is 1. The summed E-state index contributed by atoms with van der Waals surface area (Å²) in [6, 6.07) is 1.06. The molecule has 0 atom stereocenters. The van der Waals surface area contributed by atoms with Crippen LogP contribution in [0.5, 0.6) is 0 Å². The first-order chi connectivity index (χ1) is 8.69. The van der Waals surface area contributed by atoms with E-state index in [0.717, 1.165) is 16.8 Å². The number of hydrogen-bond donors (Lipinski definition) is 1. The summed E-state index contributed by atoms with van der Waals surface area (Å²) in [5.41, 5.74) is -0.498. The first-order valence-electron chi connectivity index (χ1n) is 4.77. The number of aromatic nitrogens is 4. The van der Waals surface area contributed by atoms with Crippen molar-refractivity contribution in [2.75, 3.05) is 11.5 Å². The van der Waals surface area contributed by atoms with Crippen LogP contribution in [0.25, 0.3) is 5.65 Å². The van der Waals surface area contributed by atoms with Crippen LogP contribution in [-0.2, 0) is 18.9 Å². The highest BCUT2D eigenvalue weighted by Gasteiger charge is 2.20. The second-order valence-electron chi connectivity index (χ2n) is 3.55. The largest absolute Gasteiger partial charge is 0.348 e. The third-order valence-electron chi connectivity index (χ3n) is 2.20. The van der Waals surface area contributed by atoms with Gasteiger partial charge >= 0.3 is 5.69 Å². The number of nitrogens with one attached hydrogen (secondary N) is 1. The predicted molar refractivity (Wildman–Crippen MR) is 65.3 cm³/mol. The fourth-order valence-corrected chi connectivity index (χ4v) is 4.22. The molecule has 0 aliphatic heterocycles. The molecule has 0 aliphatic rings. The topological polar surface area (TPSA) is 131 Å². The van der Waals surface area contributed by atoms with Gasteiger partial charge in [-0.15, -0.1) is 0 Å². The number of aromatic amines is 1. The molecular weight excluding hydrogens is 320 g/mol. The van der Waals surface area contributed by atoms with E-state index in [1.165, 1.54) is 0 Å². The SMILES string of the molecule is O=c1[nH]nc2cc(S(=O)(=O)CCS(=O)(=O)Cl)ncn12. The van der Waals surface area contributed by atoms with E-state index >= 15 is 0 Å². The van der Waals surface area contributed by atoms with Crippen molar-refractivity contribution >= 4 is 35.2 Å². The van der Waals surface area contributed by atoms with E-state index in [4.69, 9.17) is 10.7 Å². The molecule has 104 valence electrons. The van der Waals surface area contributed by atoms with Crippen molar-refractivity contribution in [2.45, 2.75) is 5.03 Å². The van der Waals surface area contributed by atoms with Crippen LogP contribution < -0.4 is 5.69 Å². The van der Waals surface area contributed by atoms with Crippen LogP contribution in [0.15, 0.2) is 22.2 Å². The Hall–Kier alpha value is -1.46. The molecule has 0 bridgehead atoms. The Morgan fingerprint density at radius 3 is 2.58 bits per heavy atom. The molecule has 12 heteroatoms.